The van der Waals surface area contributed by atoms with Crippen molar-refractivity contribution < 1.29 is 13.9 Å². The number of hydrogen-bond donors (Lipinski definition) is 0. The van der Waals surface area contributed by atoms with Gasteiger partial charge >= 0.3 is 0 Å². The average molecular weight is 225 g/mol. The molecule has 1 aromatic carbocycles. The van der Waals surface area contributed by atoms with Crippen LogP contribution in [0.15, 0.2) is 22.6 Å². The summed E-state index contributed by atoms with van der Waals surface area (Å²) in [6.45, 7) is 2.47. The van der Waals surface area contributed by atoms with Crippen molar-refractivity contribution in [2.24, 2.45) is 0 Å². The molecule has 0 saturated heterocycles. The molecule has 0 fully saturated rings. The fourth-order valence-electron chi connectivity index (χ4n) is 1.43. The van der Waals surface area contributed by atoms with E-state index in [4.69, 9.17) is 20.8 Å². The molecule has 15 heavy (non-hydrogen) atoms. The van der Waals surface area contributed by atoms with Crippen LogP contribution in [0.1, 0.15) is 17.3 Å². The first-order valence-corrected chi connectivity index (χ1v) is 4.94. The molecule has 2 aromatic rings. The van der Waals surface area contributed by atoms with E-state index in [1.807, 2.05) is 6.92 Å². The normalized spacial score (nSPS) is 10.5. The molecule has 1 heterocycles. The van der Waals surface area contributed by atoms with E-state index in [1.54, 1.807) is 18.2 Å². The predicted molar refractivity (Wildman–Crippen MR) is 57.8 cm³/mol. The zero-order valence-corrected chi connectivity index (χ0v) is 8.88. The van der Waals surface area contributed by atoms with Crippen LogP contribution in [0.4, 0.5) is 0 Å². The number of carbonyl (C=O) groups is 1. The highest BCUT2D eigenvalue weighted by molar-refractivity contribution is 6.33. The second-order valence-corrected chi connectivity index (χ2v) is 3.34. The summed E-state index contributed by atoms with van der Waals surface area (Å²) in [4.78, 5) is 10.8. The maximum Gasteiger partial charge on any atom is 0.205 e. The molecular weight excluding hydrogens is 216 g/mol. The Morgan fingerprint density at radius 2 is 2.33 bits per heavy atom. The molecule has 0 aliphatic carbocycles. The lowest BCUT2D eigenvalue weighted by Crippen LogP contribution is -1.90. The van der Waals surface area contributed by atoms with E-state index in [2.05, 4.69) is 0 Å². The number of aldehydes is 1. The van der Waals surface area contributed by atoms with E-state index >= 15 is 0 Å². The zero-order valence-electron chi connectivity index (χ0n) is 8.12. The van der Waals surface area contributed by atoms with Gasteiger partial charge in [0.15, 0.2) is 6.29 Å². The third kappa shape index (κ3) is 1.70. The maximum absolute atomic E-state index is 10.8. The number of benzene rings is 1. The number of halogens is 1. The van der Waals surface area contributed by atoms with Crippen LogP contribution in [0.3, 0.4) is 0 Å². The minimum atomic E-state index is 0.119. The van der Waals surface area contributed by atoms with Crippen LogP contribution in [-0.4, -0.2) is 12.9 Å². The van der Waals surface area contributed by atoms with E-state index in [1.165, 1.54) is 0 Å². The fraction of sp³-hybridized carbons (Fsp3) is 0.182. The molecule has 0 radical (unpaired) electrons. The molecule has 0 spiro atoms. The number of furan rings is 1. The Balaban J connectivity index is 2.62. The number of ether oxygens (including phenoxy) is 1. The van der Waals surface area contributed by atoms with Crippen molar-refractivity contribution in [3.8, 4) is 5.75 Å². The average Bonchev–Trinajstić information content (AvgIpc) is 2.53. The lowest BCUT2D eigenvalue weighted by Gasteiger charge is -2.01. The van der Waals surface area contributed by atoms with Crippen molar-refractivity contribution >= 4 is 28.9 Å². The van der Waals surface area contributed by atoms with Crippen LogP contribution >= 0.6 is 11.6 Å². The van der Waals surface area contributed by atoms with Crippen LogP contribution in [-0.2, 0) is 0 Å². The monoisotopic (exact) mass is 224 g/mol. The SMILES string of the molecule is CCOc1ccc2oc(Cl)c(C=O)c2c1. The molecule has 78 valence electrons. The van der Waals surface area contributed by atoms with E-state index in [0.717, 1.165) is 0 Å². The molecule has 0 unspecified atom stereocenters. The Morgan fingerprint density at radius 1 is 1.53 bits per heavy atom. The zero-order chi connectivity index (χ0) is 10.8. The Labute approximate surface area is 91.6 Å². The summed E-state index contributed by atoms with van der Waals surface area (Å²) in [5, 5.41) is 0.801. The number of fused-ring (bicyclic) bond motifs is 1. The number of rotatable bonds is 3. The third-order valence-electron chi connectivity index (χ3n) is 2.08. The molecule has 4 heteroatoms. The molecule has 0 bridgehead atoms. The van der Waals surface area contributed by atoms with Gasteiger partial charge in [-0.05, 0) is 36.7 Å². The van der Waals surface area contributed by atoms with Crippen molar-refractivity contribution in [1.82, 2.24) is 0 Å². The molecule has 2 rings (SSSR count). The van der Waals surface area contributed by atoms with E-state index in [-0.39, 0.29) is 5.22 Å². The number of hydrogen-bond acceptors (Lipinski definition) is 3. The van der Waals surface area contributed by atoms with Crippen molar-refractivity contribution in [1.29, 1.82) is 0 Å². The van der Waals surface area contributed by atoms with Crippen LogP contribution in [0, 0.1) is 0 Å². The Morgan fingerprint density at radius 3 is 3.00 bits per heavy atom. The highest BCUT2D eigenvalue weighted by Gasteiger charge is 2.12. The van der Waals surface area contributed by atoms with Crippen molar-refractivity contribution in [2.45, 2.75) is 6.92 Å². The van der Waals surface area contributed by atoms with Gasteiger partial charge in [0, 0.05) is 5.39 Å². The first-order valence-electron chi connectivity index (χ1n) is 4.56. The summed E-state index contributed by atoms with van der Waals surface area (Å²) in [5.41, 5.74) is 0.957. The Kier molecular flexibility index (Phi) is 2.64. The first-order chi connectivity index (χ1) is 7.26. The van der Waals surface area contributed by atoms with Gasteiger partial charge in [-0.1, -0.05) is 0 Å². The number of carbonyl (C=O) groups excluding carboxylic acids is 1. The second kappa shape index (κ2) is 3.95. The van der Waals surface area contributed by atoms with Gasteiger partial charge < -0.3 is 9.15 Å². The van der Waals surface area contributed by atoms with Gasteiger partial charge in [-0.25, -0.2) is 0 Å². The molecule has 0 aliphatic heterocycles. The lowest BCUT2D eigenvalue weighted by molar-refractivity contribution is 0.112. The van der Waals surface area contributed by atoms with Gasteiger partial charge in [0.1, 0.15) is 11.3 Å². The van der Waals surface area contributed by atoms with Crippen LogP contribution in [0.2, 0.25) is 5.22 Å². The minimum absolute atomic E-state index is 0.119. The highest BCUT2D eigenvalue weighted by atomic mass is 35.5. The topological polar surface area (TPSA) is 39.4 Å². The minimum Gasteiger partial charge on any atom is -0.494 e. The molecule has 3 nitrogen and oxygen atoms in total. The second-order valence-electron chi connectivity index (χ2n) is 3.00. The van der Waals surface area contributed by atoms with E-state index in [9.17, 15) is 4.79 Å². The largest absolute Gasteiger partial charge is 0.494 e. The van der Waals surface area contributed by atoms with Gasteiger partial charge in [-0.2, -0.15) is 0 Å². The quantitative estimate of drug-likeness (QED) is 0.751. The van der Waals surface area contributed by atoms with Crippen molar-refractivity contribution in [3.05, 3.63) is 29.0 Å². The maximum atomic E-state index is 10.8. The van der Waals surface area contributed by atoms with E-state index in [0.29, 0.717) is 35.2 Å². The summed E-state index contributed by atoms with van der Waals surface area (Å²) < 4.78 is 10.5. The molecule has 0 aliphatic rings. The van der Waals surface area contributed by atoms with Gasteiger partial charge in [0.25, 0.3) is 0 Å². The van der Waals surface area contributed by atoms with Crippen LogP contribution < -0.4 is 4.74 Å². The first kappa shape index (κ1) is 10.1. The van der Waals surface area contributed by atoms with Crippen molar-refractivity contribution in [3.63, 3.8) is 0 Å². The van der Waals surface area contributed by atoms with Gasteiger partial charge in [0.2, 0.25) is 5.22 Å². The summed E-state index contributed by atoms with van der Waals surface area (Å²) in [6.07, 6.45) is 0.684. The van der Waals surface area contributed by atoms with Crippen LogP contribution in [0.25, 0.3) is 11.0 Å². The molecule has 0 saturated carbocycles. The predicted octanol–water partition coefficient (Wildman–Crippen LogP) is 3.30. The highest BCUT2D eigenvalue weighted by Crippen LogP contribution is 2.30. The molecular formula is C11H9ClO3. The standard InChI is InChI=1S/C11H9ClO3/c1-2-14-7-3-4-10-8(5-7)9(6-13)11(12)15-10/h3-6H,2H2,1H3. The molecule has 1 aromatic heterocycles. The molecule has 0 N–H and O–H groups in total. The lowest BCUT2D eigenvalue weighted by atomic mass is 10.2. The molecule has 0 amide bonds. The Bertz CT molecular complexity index is 502. The van der Waals surface area contributed by atoms with Gasteiger partial charge in [0.05, 0.1) is 12.2 Å². The van der Waals surface area contributed by atoms with Gasteiger partial charge in [-0.3, -0.25) is 4.79 Å². The summed E-state index contributed by atoms with van der Waals surface area (Å²) in [5.74, 6) is 0.700. The Hall–Kier alpha value is -1.48. The smallest absolute Gasteiger partial charge is 0.205 e. The third-order valence-corrected chi connectivity index (χ3v) is 2.36. The van der Waals surface area contributed by atoms with Crippen LogP contribution in [0.5, 0.6) is 5.75 Å². The van der Waals surface area contributed by atoms with E-state index < -0.39 is 0 Å². The fourth-order valence-corrected chi connectivity index (χ4v) is 1.66. The van der Waals surface area contributed by atoms with Gasteiger partial charge in [-0.15, -0.1) is 0 Å². The molecule has 0 atom stereocenters. The summed E-state index contributed by atoms with van der Waals surface area (Å²) >= 11 is 5.76. The van der Waals surface area contributed by atoms with Crippen molar-refractivity contribution in [2.75, 3.05) is 6.61 Å². The summed E-state index contributed by atoms with van der Waals surface area (Å²) in [7, 11) is 0. The summed E-state index contributed by atoms with van der Waals surface area (Å²) in [6, 6.07) is 5.26.